The maximum absolute atomic E-state index is 5.76. The van der Waals surface area contributed by atoms with Gasteiger partial charge in [-0.15, -0.1) is 0 Å². The summed E-state index contributed by atoms with van der Waals surface area (Å²) in [6.07, 6.45) is 11.8. The number of furan rings is 1. The second kappa shape index (κ2) is 6.65. The van der Waals surface area contributed by atoms with E-state index in [1.54, 1.807) is 6.26 Å². The van der Waals surface area contributed by atoms with Gasteiger partial charge in [0.25, 0.3) is 0 Å². The fourth-order valence-electron chi connectivity index (χ4n) is 4.43. The predicted molar refractivity (Wildman–Crippen MR) is 85.6 cm³/mol. The number of rotatable bonds is 4. The van der Waals surface area contributed by atoms with Crippen molar-refractivity contribution in [2.45, 2.75) is 57.9 Å². The first-order chi connectivity index (χ1) is 9.79. The van der Waals surface area contributed by atoms with Gasteiger partial charge in [-0.25, -0.2) is 0 Å². The molecule has 4 unspecified atom stereocenters. The lowest BCUT2D eigenvalue weighted by Gasteiger charge is -2.41. The van der Waals surface area contributed by atoms with Gasteiger partial charge < -0.3 is 9.73 Å². The third-order valence-corrected chi connectivity index (χ3v) is 6.06. The highest BCUT2D eigenvalue weighted by atomic mass is 79.9. The van der Waals surface area contributed by atoms with Crippen molar-refractivity contribution in [3.63, 3.8) is 0 Å². The van der Waals surface area contributed by atoms with Crippen LogP contribution in [0.15, 0.2) is 21.2 Å². The highest BCUT2D eigenvalue weighted by molar-refractivity contribution is 9.10. The summed E-state index contributed by atoms with van der Waals surface area (Å²) in [6, 6.07) is 2.40. The van der Waals surface area contributed by atoms with Crippen LogP contribution in [0.2, 0.25) is 0 Å². The Labute approximate surface area is 130 Å². The molecule has 112 valence electrons. The molecule has 0 spiro atoms. The summed E-state index contributed by atoms with van der Waals surface area (Å²) in [6.45, 7) is 3.19. The van der Waals surface area contributed by atoms with E-state index in [2.05, 4.69) is 28.2 Å². The summed E-state index contributed by atoms with van der Waals surface area (Å²) < 4.78 is 6.88. The normalized spacial score (nSPS) is 31.8. The van der Waals surface area contributed by atoms with Gasteiger partial charge in [-0.3, -0.25) is 0 Å². The van der Waals surface area contributed by atoms with Crippen LogP contribution in [0.3, 0.4) is 0 Å². The van der Waals surface area contributed by atoms with Crippen LogP contribution in [0.5, 0.6) is 0 Å². The number of halogens is 1. The van der Waals surface area contributed by atoms with Gasteiger partial charge in [-0.1, -0.05) is 32.6 Å². The molecule has 2 aliphatic rings. The molecule has 2 aliphatic carbocycles. The Morgan fingerprint density at radius 2 is 2.05 bits per heavy atom. The van der Waals surface area contributed by atoms with Crippen LogP contribution < -0.4 is 5.32 Å². The van der Waals surface area contributed by atoms with E-state index in [-0.39, 0.29) is 0 Å². The molecule has 0 bridgehead atoms. The molecule has 0 radical (unpaired) electrons. The first-order valence-corrected chi connectivity index (χ1v) is 9.05. The van der Waals surface area contributed by atoms with Crippen LogP contribution in [-0.2, 0) is 0 Å². The molecule has 1 aromatic heterocycles. The van der Waals surface area contributed by atoms with Gasteiger partial charge in [0.2, 0.25) is 0 Å². The first-order valence-electron chi connectivity index (χ1n) is 8.25. The third kappa shape index (κ3) is 2.99. The predicted octanol–water partition coefficient (Wildman–Crippen LogP) is 5.30. The summed E-state index contributed by atoms with van der Waals surface area (Å²) in [4.78, 5) is 0. The van der Waals surface area contributed by atoms with Crippen LogP contribution in [-0.4, -0.2) is 6.54 Å². The molecule has 2 fully saturated rings. The van der Waals surface area contributed by atoms with Gasteiger partial charge in [0.15, 0.2) is 0 Å². The summed E-state index contributed by atoms with van der Waals surface area (Å²) in [5, 5.41) is 3.67. The molecular weight excluding hydrogens is 314 g/mol. The molecule has 1 aromatic rings. The summed E-state index contributed by atoms with van der Waals surface area (Å²) in [5.41, 5.74) is 0. The Bertz CT molecular complexity index is 430. The fourth-order valence-corrected chi connectivity index (χ4v) is 4.88. The van der Waals surface area contributed by atoms with Crippen molar-refractivity contribution in [3.8, 4) is 0 Å². The van der Waals surface area contributed by atoms with E-state index >= 15 is 0 Å². The van der Waals surface area contributed by atoms with E-state index in [9.17, 15) is 0 Å². The molecule has 1 heterocycles. The average molecular weight is 340 g/mol. The molecule has 0 aliphatic heterocycles. The molecule has 3 rings (SSSR count). The van der Waals surface area contributed by atoms with Crippen molar-refractivity contribution in [3.05, 3.63) is 22.6 Å². The number of fused-ring (bicyclic) bond motifs is 1. The fraction of sp³-hybridized carbons (Fsp3) is 0.765. The molecule has 0 saturated heterocycles. The topological polar surface area (TPSA) is 25.2 Å². The first kappa shape index (κ1) is 14.6. The van der Waals surface area contributed by atoms with Gasteiger partial charge in [0.05, 0.1) is 16.8 Å². The van der Waals surface area contributed by atoms with E-state index in [1.165, 1.54) is 44.9 Å². The lowest BCUT2D eigenvalue weighted by Crippen LogP contribution is -2.35. The maximum Gasteiger partial charge on any atom is 0.135 e. The zero-order chi connectivity index (χ0) is 13.9. The van der Waals surface area contributed by atoms with E-state index in [0.29, 0.717) is 6.04 Å². The minimum atomic E-state index is 0.382. The molecular formula is C17H26BrNO. The third-order valence-electron chi connectivity index (χ3n) is 5.40. The van der Waals surface area contributed by atoms with Gasteiger partial charge in [-0.2, -0.15) is 0 Å². The Morgan fingerprint density at radius 1 is 1.25 bits per heavy atom. The van der Waals surface area contributed by atoms with E-state index in [4.69, 9.17) is 4.42 Å². The highest BCUT2D eigenvalue weighted by Crippen LogP contribution is 2.46. The Balaban J connectivity index is 1.73. The lowest BCUT2D eigenvalue weighted by atomic mass is 9.66. The highest BCUT2D eigenvalue weighted by Gasteiger charge is 2.37. The zero-order valence-corrected chi connectivity index (χ0v) is 14.0. The average Bonchev–Trinajstić information content (AvgIpc) is 2.90. The Kier molecular flexibility index (Phi) is 4.87. The Hall–Kier alpha value is -0.280. The standard InChI is InChI=1S/C17H26BrNO/c1-2-19-16(17-15(18)9-10-20-17)14-8-7-12-5-3-4-6-13(12)11-14/h9-10,12-14,16,19H,2-8,11H2,1H3. The second-order valence-electron chi connectivity index (χ2n) is 6.55. The quantitative estimate of drug-likeness (QED) is 0.805. The monoisotopic (exact) mass is 339 g/mol. The van der Waals surface area contributed by atoms with Crippen LogP contribution in [0, 0.1) is 17.8 Å². The Morgan fingerprint density at radius 3 is 2.75 bits per heavy atom. The minimum Gasteiger partial charge on any atom is -0.466 e. The van der Waals surface area contributed by atoms with Crippen LogP contribution >= 0.6 is 15.9 Å². The molecule has 2 saturated carbocycles. The van der Waals surface area contributed by atoms with Crippen molar-refractivity contribution >= 4 is 15.9 Å². The number of nitrogens with one attached hydrogen (secondary N) is 1. The van der Waals surface area contributed by atoms with Gasteiger partial charge in [-0.05, 0) is 65.6 Å². The van der Waals surface area contributed by atoms with Crippen molar-refractivity contribution in [1.82, 2.24) is 5.32 Å². The van der Waals surface area contributed by atoms with Crippen LogP contribution in [0.25, 0.3) is 0 Å². The van der Waals surface area contributed by atoms with E-state index < -0.39 is 0 Å². The summed E-state index contributed by atoms with van der Waals surface area (Å²) in [7, 11) is 0. The molecule has 4 atom stereocenters. The van der Waals surface area contributed by atoms with Crippen LogP contribution in [0.1, 0.15) is 63.7 Å². The van der Waals surface area contributed by atoms with Gasteiger partial charge >= 0.3 is 0 Å². The molecule has 20 heavy (non-hydrogen) atoms. The molecule has 1 N–H and O–H groups in total. The molecule has 2 nitrogen and oxygen atoms in total. The minimum absolute atomic E-state index is 0.382. The summed E-state index contributed by atoms with van der Waals surface area (Å²) >= 11 is 3.64. The lowest BCUT2D eigenvalue weighted by molar-refractivity contribution is 0.104. The van der Waals surface area contributed by atoms with Gasteiger partial charge in [0, 0.05) is 0 Å². The van der Waals surface area contributed by atoms with Crippen molar-refractivity contribution in [2.75, 3.05) is 6.54 Å². The SMILES string of the molecule is CCNC(c1occc1Br)C1CCC2CCCCC2C1. The number of hydrogen-bond donors (Lipinski definition) is 1. The summed E-state index contributed by atoms with van der Waals surface area (Å²) in [5.74, 6) is 3.82. The van der Waals surface area contributed by atoms with E-state index in [0.717, 1.165) is 34.5 Å². The maximum atomic E-state index is 5.76. The smallest absolute Gasteiger partial charge is 0.135 e. The molecule has 3 heteroatoms. The zero-order valence-electron chi connectivity index (χ0n) is 12.4. The van der Waals surface area contributed by atoms with Crippen molar-refractivity contribution < 1.29 is 4.42 Å². The molecule has 0 aromatic carbocycles. The second-order valence-corrected chi connectivity index (χ2v) is 7.40. The molecule has 0 amide bonds. The van der Waals surface area contributed by atoms with Crippen molar-refractivity contribution in [2.24, 2.45) is 17.8 Å². The van der Waals surface area contributed by atoms with Crippen molar-refractivity contribution in [1.29, 1.82) is 0 Å². The van der Waals surface area contributed by atoms with Crippen LogP contribution in [0.4, 0.5) is 0 Å². The number of hydrogen-bond acceptors (Lipinski definition) is 2. The largest absolute Gasteiger partial charge is 0.466 e. The van der Waals surface area contributed by atoms with Gasteiger partial charge in [0.1, 0.15) is 5.76 Å². The van der Waals surface area contributed by atoms with E-state index in [1.807, 2.05) is 6.07 Å².